The zero-order valence-electron chi connectivity index (χ0n) is 15.8. The van der Waals surface area contributed by atoms with Crippen LogP contribution in [0, 0.1) is 5.82 Å². The molecule has 1 amide bonds. The number of nitrogens with one attached hydrogen (secondary N) is 1. The highest BCUT2D eigenvalue weighted by atomic mass is 19.1. The normalized spacial score (nSPS) is 12.2. The van der Waals surface area contributed by atoms with Gasteiger partial charge in [-0.25, -0.2) is 9.07 Å². The lowest BCUT2D eigenvalue weighted by Gasteiger charge is -2.12. The standard InChI is InChI=1S/C22H17FN4O3/c23-17-5-1-2-6-18(17)27-22(26-9-3-4-10-26)16(13-25-27)21(28)24-12-15-7-8-19-20(11-15)30-14-29-19/h1-11,13H,12,14H2,(H,24,28). The Morgan fingerprint density at radius 2 is 1.87 bits per heavy atom. The van der Waals surface area contributed by atoms with E-state index in [9.17, 15) is 9.18 Å². The third-order valence-electron chi connectivity index (χ3n) is 4.81. The number of hydrogen-bond donors (Lipinski definition) is 1. The number of hydrogen-bond acceptors (Lipinski definition) is 4. The number of carbonyl (C=O) groups is 1. The summed E-state index contributed by atoms with van der Waals surface area (Å²) in [5, 5.41) is 7.18. The van der Waals surface area contributed by atoms with E-state index in [0.29, 0.717) is 29.4 Å². The number of para-hydroxylation sites is 1. The molecule has 0 saturated heterocycles. The summed E-state index contributed by atoms with van der Waals surface area (Å²) in [7, 11) is 0. The molecule has 8 heteroatoms. The SMILES string of the molecule is O=C(NCc1ccc2c(c1)OCO2)c1cnn(-c2ccccc2F)c1-n1cccc1. The van der Waals surface area contributed by atoms with Crippen molar-refractivity contribution >= 4 is 5.91 Å². The first-order valence-corrected chi connectivity index (χ1v) is 9.34. The number of ether oxygens (including phenoxy) is 2. The van der Waals surface area contributed by atoms with Gasteiger partial charge >= 0.3 is 0 Å². The van der Waals surface area contributed by atoms with Crippen molar-refractivity contribution in [2.24, 2.45) is 0 Å². The van der Waals surface area contributed by atoms with Gasteiger partial charge in [-0.1, -0.05) is 18.2 Å². The van der Waals surface area contributed by atoms with Crippen LogP contribution in [0.1, 0.15) is 15.9 Å². The zero-order chi connectivity index (χ0) is 20.5. The molecule has 0 atom stereocenters. The highest BCUT2D eigenvalue weighted by Gasteiger charge is 2.21. The molecule has 30 heavy (non-hydrogen) atoms. The molecule has 0 bridgehead atoms. The van der Waals surface area contributed by atoms with Gasteiger partial charge in [0.15, 0.2) is 17.3 Å². The Hall–Kier alpha value is -4.07. The van der Waals surface area contributed by atoms with Gasteiger partial charge in [-0.3, -0.25) is 4.79 Å². The molecule has 7 nitrogen and oxygen atoms in total. The maximum atomic E-state index is 14.4. The van der Waals surface area contributed by atoms with Gasteiger partial charge in [0.1, 0.15) is 17.1 Å². The lowest BCUT2D eigenvalue weighted by Crippen LogP contribution is -2.24. The van der Waals surface area contributed by atoms with Crippen molar-refractivity contribution < 1.29 is 18.7 Å². The van der Waals surface area contributed by atoms with Gasteiger partial charge < -0.3 is 19.4 Å². The van der Waals surface area contributed by atoms with Crippen molar-refractivity contribution in [3.05, 3.63) is 90.1 Å². The quantitative estimate of drug-likeness (QED) is 0.553. The Labute approximate surface area is 171 Å². The molecule has 0 fully saturated rings. The Morgan fingerprint density at radius 1 is 1.07 bits per heavy atom. The molecule has 1 aliphatic heterocycles. The topological polar surface area (TPSA) is 70.3 Å². The predicted molar refractivity (Wildman–Crippen MR) is 107 cm³/mol. The van der Waals surface area contributed by atoms with Crippen LogP contribution in [0.25, 0.3) is 11.5 Å². The number of aromatic nitrogens is 3. The number of carbonyl (C=O) groups excluding carboxylic acids is 1. The first kappa shape index (κ1) is 18.0. The lowest BCUT2D eigenvalue weighted by atomic mass is 10.2. The highest BCUT2D eigenvalue weighted by molar-refractivity contribution is 5.97. The molecule has 4 aromatic rings. The number of benzene rings is 2. The molecule has 2 aromatic heterocycles. The summed E-state index contributed by atoms with van der Waals surface area (Å²) in [6, 6.07) is 15.5. The van der Waals surface area contributed by atoms with E-state index in [2.05, 4.69) is 10.4 Å². The number of fused-ring (bicyclic) bond motifs is 1. The Bertz CT molecular complexity index is 1220. The lowest BCUT2D eigenvalue weighted by molar-refractivity contribution is 0.0951. The molecule has 3 heterocycles. The van der Waals surface area contributed by atoms with E-state index in [1.807, 2.05) is 30.3 Å². The molecule has 2 aromatic carbocycles. The molecule has 0 aliphatic carbocycles. The van der Waals surface area contributed by atoms with Crippen LogP contribution in [0.3, 0.4) is 0 Å². The predicted octanol–water partition coefficient (Wildman–Crippen LogP) is 3.46. The van der Waals surface area contributed by atoms with Gasteiger partial charge in [-0.2, -0.15) is 5.10 Å². The van der Waals surface area contributed by atoms with Crippen LogP contribution in [0.2, 0.25) is 0 Å². The van der Waals surface area contributed by atoms with Crippen molar-refractivity contribution in [3.63, 3.8) is 0 Å². The Kier molecular flexibility index (Phi) is 4.44. The second-order valence-corrected chi connectivity index (χ2v) is 6.71. The van der Waals surface area contributed by atoms with Crippen LogP contribution in [-0.2, 0) is 6.54 Å². The summed E-state index contributed by atoms with van der Waals surface area (Å²) >= 11 is 0. The van der Waals surface area contributed by atoms with E-state index >= 15 is 0 Å². The molecule has 5 rings (SSSR count). The third kappa shape index (κ3) is 3.18. The molecule has 150 valence electrons. The van der Waals surface area contributed by atoms with Crippen molar-refractivity contribution in [1.29, 1.82) is 0 Å². The molecular formula is C22H17FN4O3. The van der Waals surface area contributed by atoms with Crippen molar-refractivity contribution in [3.8, 4) is 23.0 Å². The smallest absolute Gasteiger partial charge is 0.256 e. The third-order valence-corrected chi connectivity index (χ3v) is 4.81. The van der Waals surface area contributed by atoms with E-state index in [1.54, 1.807) is 35.2 Å². The summed E-state index contributed by atoms with van der Waals surface area (Å²) in [5.41, 5.74) is 1.46. The second kappa shape index (κ2) is 7.40. The van der Waals surface area contributed by atoms with E-state index < -0.39 is 5.82 Å². The molecule has 1 aliphatic rings. The molecule has 0 radical (unpaired) electrons. The maximum absolute atomic E-state index is 14.4. The average molecular weight is 404 g/mol. The fraction of sp³-hybridized carbons (Fsp3) is 0.0909. The van der Waals surface area contributed by atoms with Gasteiger partial charge in [-0.15, -0.1) is 0 Å². The van der Waals surface area contributed by atoms with Crippen LogP contribution in [-0.4, -0.2) is 27.0 Å². The molecular weight excluding hydrogens is 387 g/mol. The van der Waals surface area contributed by atoms with E-state index in [1.165, 1.54) is 16.9 Å². The van der Waals surface area contributed by atoms with Crippen molar-refractivity contribution in [2.75, 3.05) is 6.79 Å². The second-order valence-electron chi connectivity index (χ2n) is 6.71. The summed E-state index contributed by atoms with van der Waals surface area (Å²) in [6.07, 6.45) is 5.00. The molecule has 0 unspecified atom stereocenters. The van der Waals surface area contributed by atoms with E-state index in [0.717, 1.165) is 5.56 Å². The van der Waals surface area contributed by atoms with E-state index in [-0.39, 0.29) is 18.4 Å². The Balaban J connectivity index is 1.45. The van der Waals surface area contributed by atoms with Crippen LogP contribution in [0.5, 0.6) is 11.5 Å². The number of nitrogens with zero attached hydrogens (tertiary/aromatic N) is 3. The molecule has 1 N–H and O–H groups in total. The summed E-state index contributed by atoms with van der Waals surface area (Å²) < 4.78 is 28.2. The van der Waals surface area contributed by atoms with Gasteiger partial charge in [0.25, 0.3) is 5.91 Å². The fourth-order valence-corrected chi connectivity index (χ4v) is 3.35. The first-order chi connectivity index (χ1) is 14.7. The summed E-state index contributed by atoms with van der Waals surface area (Å²) in [5.74, 6) is 1.04. The van der Waals surface area contributed by atoms with Crippen molar-refractivity contribution in [1.82, 2.24) is 19.7 Å². The summed E-state index contributed by atoms with van der Waals surface area (Å²) in [4.78, 5) is 13.0. The van der Waals surface area contributed by atoms with Crippen LogP contribution >= 0.6 is 0 Å². The largest absolute Gasteiger partial charge is 0.454 e. The van der Waals surface area contributed by atoms with Crippen LogP contribution in [0.4, 0.5) is 4.39 Å². The number of amides is 1. The molecule has 0 saturated carbocycles. The van der Waals surface area contributed by atoms with Gasteiger partial charge in [-0.05, 0) is 42.0 Å². The average Bonchev–Trinajstić information content (AvgIpc) is 3.51. The first-order valence-electron chi connectivity index (χ1n) is 9.34. The van der Waals surface area contributed by atoms with Gasteiger partial charge in [0, 0.05) is 18.9 Å². The van der Waals surface area contributed by atoms with Gasteiger partial charge in [0.2, 0.25) is 6.79 Å². The fourth-order valence-electron chi connectivity index (χ4n) is 3.35. The van der Waals surface area contributed by atoms with Crippen LogP contribution < -0.4 is 14.8 Å². The highest BCUT2D eigenvalue weighted by Crippen LogP contribution is 2.32. The monoisotopic (exact) mass is 404 g/mol. The van der Waals surface area contributed by atoms with Crippen molar-refractivity contribution in [2.45, 2.75) is 6.54 Å². The van der Waals surface area contributed by atoms with E-state index in [4.69, 9.17) is 9.47 Å². The minimum Gasteiger partial charge on any atom is -0.454 e. The zero-order valence-corrected chi connectivity index (χ0v) is 15.8. The Morgan fingerprint density at radius 3 is 2.70 bits per heavy atom. The maximum Gasteiger partial charge on any atom is 0.256 e. The summed E-state index contributed by atoms with van der Waals surface area (Å²) in [6.45, 7) is 0.492. The minimum absolute atomic E-state index is 0.195. The number of rotatable bonds is 5. The van der Waals surface area contributed by atoms with Crippen LogP contribution in [0.15, 0.2) is 73.2 Å². The van der Waals surface area contributed by atoms with Gasteiger partial charge in [0.05, 0.1) is 6.20 Å². The number of halogens is 1. The minimum atomic E-state index is -0.429. The molecule has 0 spiro atoms.